The van der Waals surface area contributed by atoms with Gasteiger partial charge in [-0.25, -0.2) is 0 Å². The van der Waals surface area contributed by atoms with E-state index in [1.807, 2.05) is 36.1 Å². The van der Waals surface area contributed by atoms with Crippen molar-refractivity contribution in [2.24, 2.45) is 5.73 Å². The molecule has 0 bridgehead atoms. The summed E-state index contributed by atoms with van der Waals surface area (Å²) < 4.78 is 0. The minimum atomic E-state index is -0.381. The molecule has 1 unspecified atom stereocenters. The molecule has 0 saturated carbocycles. The lowest BCUT2D eigenvalue weighted by molar-refractivity contribution is -0.133. The van der Waals surface area contributed by atoms with Crippen molar-refractivity contribution in [3.8, 4) is 0 Å². The normalized spacial score (nSPS) is 20.6. The topological polar surface area (TPSA) is 46.3 Å². The zero-order chi connectivity index (χ0) is 13.8. The molecule has 1 fully saturated rings. The van der Waals surface area contributed by atoms with Crippen LogP contribution in [-0.4, -0.2) is 23.4 Å². The molecule has 2 atom stereocenters. The molecule has 1 saturated heterocycles. The summed E-state index contributed by atoms with van der Waals surface area (Å²) in [5.41, 5.74) is 7.00. The monoisotopic (exact) mass is 280 g/mol. The Labute approximate surface area is 119 Å². The maximum Gasteiger partial charge on any atom is 0.239 e. The molecule has 1 amide bonds. The standard InChI is InChI=1S/C15H21ClN2O/c1-2-6-13(17)15(19)18-10-5-9-14(18)11-7-3-4-8-12(11)16/h3-4,7-8,13-14H,2,5-6,9-10,17H2,1H3/t13-,14?/m1/s1. The van der Waals surface area contributed by atoms with Crippen LogP contribution in [0.1, 0.15) is 44.2 Å². The van der Waals surface area contributed by atoms with Gasteiger partial charge in [0.05, 0.1) is 12.1 Å². The minimum Gasteiger partial charge on any atom is -0.334 e. The van der Waals surface area contributed by atoms with Crippen molar-refractivity contribution >= 4 is 17.5 Å². The number of carbonyl (C=O) groups is 1. The summed E-state index contributed by atoms with van der Waals surface area (Å²) in [4.78, 5) is 14.3. The molecule has 0 aliphatic carbocycles. The average Bonchev–Trinajstić information content (AvgIpc) is 2.87. The SMILES string of the molecule is CCC[C@@H](N)C(=O)N1CCCC1c1ccccc1Cl. The Morgan fingerprint density at radius 1 is 1.53 bits per heavy atom. The van der Waals surface area contributed by atoms with Crippen LogP contribution in [0.15, 0.2) is 24.3 Å². The fourth-order valence-electron chi connectivity index (χ4n) is 2.75. The highest BCUT2D eigenvalue weighted by Gasteiger charge is 2.33. The number of carbonyl (C=O) groups excluding carboxylic acids is 1. The lowest BCUT2D eigenvalue weighted by Gasteiger charge is -2.28. The Morgan fingerprint density at radius 2 is 2.26 bits per heavy atom. The Bertz CT molecular complexity index is 450. The van der Waals surface area contributed by atoms with Gasteiger partial charge in [-0.2, -0.15) is 0 Å². The summed E-state index contributed by atoms with van der Waals surface area (Å²) in [6.07, 6.45) is 3.65. The van der Waals surface area contributed by atoms with Gasteiger partial charge in [0.1, 0.15) is 0 Å². The molecule has 0 spiro atoms. The van der Waals surface area contributed by atoms with Crippen molar-refractivity contribution in [3.05, 3.63) is 34.9 Å². The van der Waals surface area contributed by atoms with Crippen molar-refractivity contribution in [1.29, 1.82) is 0 Å². The number of nitrogens with two attached hydrogens (primary N) is 1. The number of hydrogen-bond donors (Lipinski definition) is 1. The molecule has 0 radical (unpaired) electrons. The van der Waals surface area contributed by atoms with Crippen molar-refractivity contribution < 1.29 is 4.79 Å². The number of likely N-dealkylation sites (tertiary alicyclic amines) is 1. The summed E-state index contributed by atoms with van der Waals surface area (Å²) in [6.45, 7) is 2.83. The molecule has 2 rings (SSSR count). The van der Waals surface area contributed by atoms with Crippen LogP contribution in [0.4, 0.5) is 0 Å². The lowest BCUT2D eigenvalue weighted by Crippen LogP contribution is -2.43. The van der Waals surface area contributed by atoms with Crippen molar-refractivity contribution in [2.45, 2.75) is 44.7 Å². The van der Waals surface area contributed by atoms with Crippen molar-refractivity contribution in [3.63, 3.8) is 0 Å². The summed E-state index contributed by atoms with van der Waals surface area (Å²) in [5.74, 6) is 0.0595. The quantitative estimate of drug-likeness (QED) is 0.921. The van der Waals surface area contributed by atoms with Crippen LogP contribution < -0.4 is 5.73 Å². The van der Waals surface area contributed by atoms with E-state index in [9.17, 15) is 4.79 Å². The maximum atomic E-state index is 12.4. The molecule has 1 aromatic carbocycles. The molecule has 1 aliphatic heterocycles. The zero-order valence-corrected chi connectivity index (χ0v) is 12.1. The number of benzene rings is 1. The first kappa shape index (κ1) is 14.4. The molecular weight excluding hydrogens is 260 g/mol. The van der Waals surface area contributed by atoms with Gasteiger partial charge in [-0.05, 0) is 30.9 Å². The Hall–Kier alpha value is -1.06. The second kappa shape index (κ2) is 6.40. The molecular formula is C15H21ClN2O. The molecule has 1 heterocycles. The third kappa shape index (κ3) is 3.10. The van der Waals surface area contributed by atoms with Crippen molar-refractivity contribution in [2.75, 3.05) is 6.54 Å². The van der Waals surface area contributed by atoms with Gasteiger partial charge in [-0.3, -0.25) is 4.79 Å². The van der Waals surface area contributed by atoms with Crippen LogP contribution in [-0.2, 0) is 4.79 Å². The number of halogens is 1. The van der Waals surface area contributed by atoms with Gasteiger partial charge < -0.3 is 10.6 Å². The number of amides is 1. The summed E-state index contributed by atoms with van der Waals surface area (Å²) >= 11 is 6.25. The summed E-state index contributed by atoms with van der Waals surface area (Å²) in [5, 5.41) is 0.733. The Morgan fingerprint density at radius 3 is 2.95 bits per heavy atom. The van der Waals surface area contributed by atoms with E-state index in [1.165, 1.54) is 0 Å². The highest BCUT2D eigenvalue weighted by Crippen LogP contribution is 2.35. The smallest absolute Gasteiger partial charge is 0.239 e. The number of rotatable bonds is 4. The molecule has 3 nitrogen and oxygen atoms in total. The van der Waals surface area contributed by atoms with E-state index in [0.29, 0.717) is 0 Å². The molecule has 104 valence electrons. The fourth-order valence-corrected chi connectivity index (χ4v) is 3.01. The maximum absolute atomic E-state index is 12.4. The average molecular weight is 281 g/mol. The number of hydrogen-bond acceptors (Lipinski definition) is 2. The lowest BCUT2D eigenvalue weighted by atomic mass is 10.0. The van der Waals surface area contributed by atoms with Gasteiger partial charge in [0.2, 0.25) is 5.91 Å². The first-order valence-electron chi connectivity index (χ1n) is 6.95. The van der Waals surface area contributed by atoms with E-state index in [-0.39, 0.29) is 18.0 Å². The van der Waals surface area contributed by atoms with E-state index in [1.54, 1.807) is 0 Å². The third-order valence-electron chi connectivity index (χ3n) is 3.72. The van der Waals surface area contributed by atoms with E-state index in [0.717, 1.165) is 42.8 Å². The van der Waals surface area contributed by atoms with Gasteiger partial charge in [0.15, 0.2) is 0 Å². The molecule has 4 heteroatoms. The van der Waals surface area contributed by atoms with E-state index < -0.39 is 0 Å². The molecule has 2 N–H and O–H groups in total. The fraction of sp³-hybridized carbons (Fsp3) is 0.533. The van der Waals surface area contributed by atoms with E-state index in [2.05, 4.69) is 0 Å². The predicted octanol–water partition coefficient (Wildman–Crippen LogP) is 3.13. The third-order valence-corrected chi connectivity index (χ3v) is 4.06. The van der Waals surface area contributed by atoms with Crippen LogP contribution in [0.3, 0.4) is 0 Å². The second-order valence-electron chi connectivity index (χ2n) is 5.11. The predicted molar refractivity (Wildman–Crippen MR) is 78.0 cm³/mol. The first-order valence-corrected chi connectivity index (χ1v) is 7.33. The summed E-state index contributed by atoms with van der Waals surface area (Å²) in [6, 6.07) is 7.47. The molecule has 1 aliphatic rings. The van der Waals surface area contributed by atoms with Gasteiger partial charge in [0, 0.05) is 11.6 Å². The molecule has 1 aromatic rings. The van der Waals surface area contributed by atoms with Gasteiger partial charge in [-0.15, -0.1) is 0 Å². The molecule has 0 aromatic heterocycles. The van der Waals surface area contributed by atoms with E-state index in [4.69, 9.17) is 17.3 Å². The van der Waals surface area contributed by atoms with Crippen LogP contribution >= 0.6 is 11.6 Å². The Kier molecular flexibility index (Phi) is 4.83. The van der Waals surface area contributed by atoms with E-state index >= 15 is 0 Å². The van der Waals surface area contributed by atoms with Gasteiger partial charge in [0.25, 0.3) is 0 Å². The van der Waals surface area contributed by atoms with Crippen molar-refractivity contribution in [1.82, 2.24) is 4.90 Å². The number of nitrogens with zero attached hydrogens (tertiary/aromatic N) is 1. The van der Waals surface area contributed by atoms with Crippen LogP contribution in [0, 0.1) is 0 Å². The summed E-state index contributed by atoms with van der Waals surface area (Å²) in [7, 11) is 0. The Balaban J connectivity index is 2.17. The first-order chi connectivity index (χ1) is 9.15. The molecule has 19 heavy (non-hydrogen) atoms. The van der Waals surface area contributed by atoms with Crippen LogP contribution in [0.25, 0.3) is 0 Å². The highest BCUT2D eigenvalue weighted by atomic mass is 35.5. The van der Waals surface area contributed by atoms with Gasteiger partial charge >= 0.3 is 0 Å². The van der Waals surface area contributed by atoms with Crippen LogP contribution in [0.5, 0.6) is 0 Å². The zero-order valence-electron chi connectivity index (χ0n) is 11.3. The minimum absolute atomic E-state index is 0.0595. The highest BCUT2D eigenvalue weighted by molar-refractivity contribution is 6.31. The van der Waals surface area contributed by atoms with Gasteiger partial charge in [-0.1, -0.05) is 43.1 Å². The largest absolute Gasteiger partial charge is 0.334 e. The van der Waals surface area contributed by atoms with Crippen LogP contribution in [0.2, 0.25) is 5.02 Å². The second-order valence-corrected chi connectivity index (χ2v) is 5.51.